The van der Waals surface area contributed by atoms with E-state index in [4.69, 9.17) is 9.47 Å². The average molecular weight is 347 g/mol. The molecule has 7 nitrogen and oxygen atoms in total. The van der Waals surface area contributed by atoms with Crippen LogP contribution in [-0.4, -0.2) is 67.7 Å². The Bertz CT molecular complexity index is 635. The molecule has 2 aliphatic heterocycles. The summed E-state index contributed by atoms with van der Waals surface area (Å²) in [5.74, 6) is 1.26. The van der Waals surface area contributed by atoms with Gasteiger partial charge in [0.1, 0.15) is 13.2 Å². The summed E-state index contributed by atoms with van der Waals surface area (Å²) in [6.45, 7) is 6.12. The van der Waals surface area contributed by atoms with Crippen molar-refractivity contribution in [2.75, 3.05) is 45.9 Å². The van der Waals surface area contributed by atoms with E-state index in [9.17, 15) is 9.59 Å². The minimum Gasteiger partial charge on any atom is -0.486 e. The molecule has 3 amide bonds. The monoisotopic (exact) mass is 347 g/mol. The summed E-state index contributed by atoms with van der Waals surface area (Å²) in [5, 5.41) is 2.89. The molecular formula is C18H25N3O4. The fourth-order valence-electron chi connectivity index (χ4n) is 3.03. The molecule has 0 bridgehead atoms. The number of nitrogens with zero attached hydrogens (tertiary/aromatic N) is 2. The molecule has 1 saturated heterocycles. The van der Waals surface area contributed by atoms with E-state index in [2.05, 4.69) is 5.32 Å². The van der Waals surface area contributed by atoms with Crippen LogP contribution in [-0.2, 0) is 0 Å². The number of benzene rings is 1. The smallest absolute Gasteiger partial charge is 0.317 e. The van der Waals surface area contributed by atoms with Gasteiger partial charge in [-0.25, -0.2) is 4.79 Å². The zero-order chi connectivity index (χ0) is 17.6. The molecule has 136 valence electrons. The van der Waals surface area contributed by atoms with Crippen LogP contribution >= 0.6 is 0 Å². The molecule has 1 aromatic rings. The predicted molar refractivity (Wildman–Crippen MR) is 93.2 cm³/mol. The Hall–Kier alpha value is -2.44. The van der Waals surface area contributed by atoms with Gasteiger partial charge in [-0.3, -0.25) is 4.79 Å². The first-order chi connectivity index (χ1) is 12.2. The van der Waals surface area contributed by atoms with E-state index >= 15 is 0 Å². The molecule has 1 aromatic carbocycles. The molecule has 3 rings (SSSR count). The van der Waals surface area contributed by atoms with Gasteiger partial charge in [0, 0.05) is 38.3 Å². The van der Waals surface area contributed by atoms with E-state index < -0.39 is 0 Å². The summed E-state index contributed by atoms with van der Waals surface area (Å²) in [6, 6.07) is 5.25. The Labute approximate surface area is 147 Å². The Morgan fingerprint density at radius 2 is 1.76 bits per heavy atom. The second-order valence-electron chi connectivity index (χ2n) is 6.22. The van der Waals surface area contributed by atoms with Gasteiger partial charge >= 0.3 is 6.03 Å². The van der Waals surface area contributed by atoms with Gasteiger partial charge < -0.3 is 24.6 Å². The summed E-state index contributed by atoms with van der Waals surface area (Å²) in [4.78, 5) is 28.5. The summed E-state index contributed by atoms with van der Waals surface area (Å²) < 4.78 is 11.1. The third kappa shape index (κ3) is 4.15. The maximum Gasteiger partial charge on any atom is 0.317 e. The largest absolute Gasteiger partial charge is 0.486 e. The van der Waals surface area contributed by atoms with Gasteiger partial charge in [0.15, 0.2) is 11.5 Å². The quantitative estimate of drug-likeness (QED) is 0.904. The Morgan fingerprint density at radius 3 is 2.56 bits per heavy atom. The van der Waals surface area contributed by atoms with Gasteiger partial charge in [-0.2, -0.15) is 0 Å². The summed E-state index contributed by atoms with van der Waals surface area (Å²) >= 11 is 0. The van der Waals surface area contributed by atoms with E-state index in [-0.39, 0.29) is 11.9 Å². The number of amides is 3. The molecule has 0 aliphatic carbocycles. The topological polar surface area (TPSA) is 71.1 Å². The molecular weight excluding hydrogens is 322 g/mol. The van der Waals surface area contributed by atoms with E-state index in [1.807, 2.05) is 6.92 Å². The normalized spacial score (nSPS) is 17.0. The molecule has 0 saturated carbocycles. The number of hydrogen-bond acceptors (Lipinski definition) is 4. The molecule has 25 heavy (non-hydrogen) atoms. The second-order valence-corrected chi connectivity index (χ2v) is 6.22. The molecule has 2 aliphatic rings. The van der Waals surface area contributed by atoms with Crippen LogP contribution in [0.5, 0.6) is 11.5 Å². The van der Waals surface area contributed by atoms with Crippen LogP contribution in [0.4, 0.5) is 4.79 Å². The van der Waals surface area contributed by atoms with Gasteiger partial charge in [-0.1, -0.05) is 6.92 Å². The van der Waals surface area contributed by atoms with Crippen LogP contribution in [0.3, 0.4) is 0 Å². The standard InChI is InChI=1S/C18H25N3O4/c1-2-6-19-18(23)21-8-3-7-20(9-10-21)17(22)14-4-5-15-16(13-14)25-12-11-24-15/h4-5,13H,2-3,6-12H2,1H3,(H,19,23). The molecule has 0 radical (unpaired) electrons. The number of urea groups is 1. The maximum absolute atomic E-state index is 12.8. The van der Waals surface area contributed by atoms with Crippen molar-refractivity contribution in [3.05, 3.63) is 23.8 Å². The minimum absolute atomic E-state index is 0.0345. The lowest BCUT2D eigenvalue weighted by atomic mass is 10.1. The molecule has 0 spiro atoms. The van der Waals surface area contributed by atoms with Crippen LogP contribution in [0.25, 0.3) is 0 Å². The van der Waals surface area contributed by atoms with Crippen LogP contribution in [0, 0.1) is 0 Å². The van der Waals surface area contributed by atoms with Crippen molar-refractivity contribution in [2.45, 2.75) is 19.8 Å². The molecule has 1 fully saturated rings. The molecule has 0 unspecified atom stereocenters. The highest BCUT2D eigenvalue weighted by Gasteiger charge is 2.24. The lowest BCUT2D eigenvalue weighted by molar-refractivity contribution is 0.0761. The van der Waals surface area contributed by atoms with Crippen molar-refractivity contribution in [3.63, 3.8) is 0 Å². The van der Waals surface area contributed by atoms with Gasteiger partial charge in [-0.05, 0) is 31.0 Å². The zero-order valence-electron chi connectivity index (χ0n) is 14.6. The van der Waals surface area contributed by atoms with E-state index in [0.717, 1.165) is 12.8 Å². The Kier molecular flexibility index (Phi) is 5.63. The number of carbonyl (C=O) groups is 2. The highest BCUT2D eigenvalue weighted by molar-refractivity contribution is 5.95. The lowest BCUT2D eigenvalue weighted by Crippen LogP contribution is -2.42. The van der Waals surface area contributed by atoms with Crippen molar-refractivity contribution in [1.82, 2.24) is 15.1 Å². The highest BCUT2D eigenvalue weighted by Crippen LogP contribution is 2.31. The second kappa shape index (κ2) is 8.09. The van der Waals surface area contributed by atoms with Crippen LogP contribution in [0.2, 0.25) is 0 Å². The average Bonchev–Trinajstić information content (AvgIpc) is 2.91. The van der Waals surface area contributed by atoms with Gasteiger partial charge in [0.2, 0.25) is 0 Å². The van der Waals surface area contributed by atoms with E-state index in [1.165, 1.54) is 0 Å². The third-order valence-corrected chi connectivity index (χ3v) is 4.39. The van der Waals surface area contributed by atoms with Crippen molar-refractivity contribution in [3.8, 4) is 11.5 Å². The van der Waals surface area contributed by atoms with Crippen molar-refractivity contribution in [1.29, 1.82) is 0 Å². The Balaban J connectivity index is 1.62. The van der Waals surface area contributed by atoms with Crippen molar-refractivity contribution in [2.24, 2.45) is 0 Å². The fraction of sp³-hybridized carbons (Fsp3) is 0.556. The number of nitrogens with one attached hydrogen (secondary N) is 1. The first kappa shape index (κ1) is 17.4. The zero-order valence-corrected chi connectivity index (χ0v) is 14.6. The molecule has 2 heterocycles. The van der Waals surface area contributed by atoms with Crippen molar-refractivity contribution < 1.29 is 19.1 Å². The minimum atomic E-state index is -0.0459. The Morgan fingerprint density at radius 1 is 1.04 bits per heavy atom. The summed E-state index contributed by atoms with van der Waals surface area (Å²) in [6.07, 6.45) is 1.68. The van der Waals surface area contributed by atoms with Gasteiger partial charge in [-0.15, -0.1) is 0 Å². The summed E-state index contributed by atoms with van der Waals surface area (Å²) in [7, 11) is 0. The van der Waals surface area contributed by atoms with Gasteiger partial charge in [0.05, 0.1) is 0 Å². The third-order valence-electron chi connectivity index (χ3n) is 4.39. The predicted octanol–water partition coefficient (Wildman–Crippen LogP) is 1.73. The van der Waals surface area contributed by atoms with E-state index in [1.54, 1.807) is 28.0 Å². The summed E-state index contributed by atoms with van der Waals surface area (Å²) in [5.41, 5.74) is 0.591. The SMILES string of the molecule is CCCNC(=O)N1CCCN(C(=O)c2ccc3c(c2)OCCO3)CC1. The van der Waals surface area contributed by atoms with Crippen LogP contribution in [0.15, 0.2) is 18.2 Å². The number of fused-ring (bicyclic) bond motifs is 1. The van der Waals surface area contributed by atoms with Crippen LogP contribution in [0.1, 0.15) is 30.1 Å². The number of ether oxygens (including phenoxy) is 2. The van der Waals surface area contributed by atoms with Crippen LogP contribution < -0.4 is 14.8 Å². The van der Waals surface area contributed by atoms with Crippen molar-refractivity contribution >= 4 is 11.9 Å². The number of hydrogen-bond donors (Lipinski definition) is 1. The molecule has 0 atom stereocenters. The van der Waals surface area contributed by atoms with E-state index in [0.29, 0.717) is 63.0 Å². The molecule has 1 N–H and O–H groups in total. The molecule has 7 heteroatoms. The maximum atomic E-state index is 12.8. The fourth-order valence-corrected chi connectivity index (χ4v) is 3.03. The number of carbonyl (C=O) groups excluding carboxylic acids is 2. The highest BCUT2D eigenvalue weighted by atomic mass is 16.6. The molecule has 0 aromatic heterocycles. The lowest BCUT2D eigenvalue weighted by Gasteiger charge is -2.23. The first-order valence-corrected chi connectivity index (χ1v) is 8.90. The number of rotatable bonds is 3. The van der Waals surface area contributed by atoms with Gasteiger partial charge in [0.25, 0.3) is 5.91 Å². The first-order valence-electron chi connectivity index (χ1n) is 8.90.